The van der Waals surface area contributed by atoms with Gasteiger partial charge in [-0.15, -0.1) is 0 Å². The van der Waals surface area contributed by atoms with Gasteiger partial charge in [-0.2, -0.15) is 4.98 Å². The summed E-state index contributed by atoms with van der Waals surface area (Å²) in [5.41, 5.74) is -0.553. The van der Waals surface area contributed by atoms with Crippen LogP contribution in [0.2, 0.25) is 0 Å². The maximum absolute atomic E-state index is 12.5. The number of benzene rings is 1. The predicted octanol–water partition coefficient (Wildman–Crippen LogP) is 2.11. The van der Waals surface area contributed by atoms with Crippen LogP contribution in [-0.2, 0) is 22.1 Å². The summed E-state index contributed by atoms with van der Waals surface area (Å²) in [7, 11) is -3.73. The van der Waals surface area contributed by atoms with Gasteiger partial charge in [0.15, 0.2) is 5.82 Å². The largest absolute Gasteiger partial charge is 0.468 e. The lowest BCUT2D eigenvalue weighted by molar-refractivity contribution is 0.0907. The van der Waals surface area contributed by atoms with E-state index >= 15 is 0 Å². The van der Waals surface area contributed by atoms with E-state index in [0.29, 0.717) is 23.0 Å². The van der Waals surface area contributed by atoms with Crippen LogP contribution in [0.5, 0.6) is 0 Å². The number of amides is 1. The predicted molar refractivity (Wildman–Crippen MR) is 98.7 cm³/mol. The average Bonchev–Trinajstić information content (AvgIpc) is 3.32. The van der Waals surface area contributed by atoms with Gasteiger partial charge in [-0.25, -0.2) is 13.1 Å². The zero-order chi connectivity index (χ0) is 20.4. The van der Waals surface area contributed by atoms with Crippen molar-refractivity contribution >= 4 is 15.9 Å². The minimum atomic E-state index is -3.73. The fourth-order valence-corrected chi connectivity index (χ4v) is 3.41. The van der Waals surface area contributed by atoms with E-state index in [1.165, 1.54) is 30.5 Å². The quantitative estimate of drug-likeness (QED) is 0.617. The Hall–Kier alpha value is -2.98. The molecule has 0 aliphatic carbocycles. The molecule has 0 fully saturated rings. The molecular weight excluding hydrogens is 384 g/mol. The molecule has 1 aromatic carbocycles. The molecule has 9 nitrogen and oxygen atoms in total. The first-order valence-corrected chi connectivity index (χ1v) is 9.91. The lowest BCUT2D eigenvalue weighted by Crippen LogP contribution is -2.41. The summed E-state index contributed by atoms with van der Waals surface area (Å²) < 4.78 is 37.2. The number of furan rings is 1. The zero-order valence-electron chi connectivity index (χ0n) is 15.6. The summed E-state index contributed by atoms with van der Waals surface area (Å²) in [6.07, 6.45) is 1.47. The van der Waals surface area contributed by atoms with Gasteiger partial charge in [-0.3, -0.25) is 4.79 Å². The van der Waals surface area contributed by atoms with Crippen LogP contribution in [0.3, 0.4) is 0 Å². The molecule has 0 bridgehead atoms. The molecule has 0 saturated carbocycles. The molecule has 2 heterocycles. The second kappa shape index (κ2) is 7.56. The van der Waals surface area contributed by atoms with Crippen molar-refractivity contribution in [2.45, 2.75) is 37.8 Å². The van der Waals surface area contributed by atoms with Crippen LogP contribution in [0.15, 0.2) is 56.5 Å². The summed E-state index contributed by atoms with van der Waals surface area (Å²) >= 11 is 0. The van der Waals surface area contributed by atoms with E-state index in [-0.39, 0.29) is 17.3 Å². The highest BCUT2D eigenvalue weighted by atomic mass is 32.2. The van der Waals surface area contributed by atoms with Gasteiger partial charge in [-0.05, 0) is 50.2 Å². The summed E-state index contributed by atoms with van der Waals surface area (Å²) in [5.74, 6) is 0.854. The molecule has 0 atom stereocenters. The Labute approximate surface area is 162 Å². The average molecular weight is 404 g/mol. The van der Waals surface area contributed by atoms with Gasteiger partial charge in [0.1, 0.15) is 5.76 Å². The monoisotopic (exact) mass is 404 g/mol. The Kier molecular flexibility index (Phi) is 5.34. The summed E-state index contributed by atoms with van der Waals surface area (Å²) in [5, 5.41) is 6.63. The zero-order valence-corrected chi connectivity index (χ0v) is 16.4. The second-order valence-corrected chi connectivity index (χ2v) is 8.41. The third-order valence-corrected chi connectivity index (χ3v) is 5.37. The molecule has 10 heteroatoms. The Morgan fingerprint density at radius 1 is 1.18 bits per heavy atom. The maximum atomic E-state index is 12.5. The molecule has 0 unspecified atom stereocenters. The summed E-state index contributed by atoms with van der Waals surface area (Å²) in [6, 6.07) is 8.95. The van der Waals surface area contributed by atoms with Crippen molar-refractivity contribution in [3.63, 3.8) is 0 Å². The standard InChI is InChI=1S/C18H20N4O5S/c1-12-20-17(22-27-12)18(2,3)21-16(23)13-6-8-15(9-7-13)28(24,25)19-11-14-5-4-10-26-14/h4-10,19H,11H2,1-3H3,(H,21,23). The van der Waals surface area contributed by atoms with E-state index < -0.39 is 15.6 Å². The molecule has 0 radical (unpaired) electrons. The Bertz CT molecular complexity index is 1050. The van der Waals surface area contributed by atoms with E-state index in [1.54, 1.807) is 32.9 Å². The molecule has 148 valence electrons. The van der Waals surface area contributed by atoms with Gasteiger partial charge in [0.2, 0.25) is 15.9 Å². The molecule has 1 amide bonds. The maximum Gasteiger partial charge on any atom is 0.252 e. The topological polar surface area (TPSA) is 127 Å². The molecule has 0 saturated heterocycles. The lowest BCUT2D eigenvalue weighted by Gasteiger charge is -2.22. The molecule has 0 spiro atoms. The Balaban J connectivity index is 1.68. The van der Waals surface area contributed by atoms with Gasteiger partial charge in [0, 0.05) is 12.5 Å². The van der Waals surface area contributed by atoms with Crippen molar-refractivity contribution in [2.24, 2.45) is 0 Å². The molecule has 28 heavy (non-hydrogen) atoms. The number of aromatic nitrogens is 2. The van der Waals surface area contributed by atoms with Crippen molar-refractivity contribution in [1.82, 2.24) is 20.2 Å². The van der Waals surface area contributed by atoms with Crippen molar-refractivity contribution in [3.8, 4) is 0 Å². The van der Waals surface area contributed by atoms with E-state index in [1.807, 2.05) is 0 Å². The number of carbonyl (C=O) groups excluding carboxylic acids is 1. The van der Waals surface area contributed by atoms with Crippen molar-refractivity contribution < 1.29 is 22.2 Å². The number of nitrogens with zero attached hydrogens (tertiary/aromatic N) is 2. The van der Waals surface area contributed by atoms with Crippen LogP contribution in [0.25, 0.3) is 0 Å². The number of carbonyl (C=O) groups is 1. The highest BCUT2D eigenvalue weighted by Gasteiger charge is 2.28. The SMILES string of the molecule is Cc1nc(C(C)(C)NC(=O)c2ccc(S(=O)(=O)NCc3ccco3)cc2)no1. The highest BCUT2D eigenvalue weighted by Crippen LogP contribution is 2.18. The molecular formula is C18H20N4O5S. The van der Waals surface area contributed by atoms with Gasteiger partial charge in [-0.1, -0.05) is 5.16 Å². The van der Waals surface area contributed by atoms with Crippen LogP contribution in [-0.4, -0.2) is 24.5 Å². The van der Waals surface area contributed by atoms with Crippen LogP contribution >= 0.6 is 0 Å². The normalized spacial score (nSPS) is 12.1. The highest BCUT2D eigenvalue weighted by molar-refractivity contribution is 7.89. The van der Waals surface area contributed by atoms with Gasteiger partial charge in [0.25, 0.3) is 5.91 Å². The third kappa shape index (κ3) is 4.46. The first-order valence-electron chi connectivity index (χ1n) is 8.43. The number of rotatable bonds is 7. The minimum Gasteiger partial charge on any atom is -0.468 e. The van der Waals surface area contributed by atoms with Gasteiger partial charge >= 0.3 is 0 Å². The second-order valence-electron chi connectivity index (χ2n) is 6.64. The van der Waals surface area contributed by atoms with Crippen molar-refractivity contribution in [3.05, 3.63) is 65.7 Å². The molecule has 0 aliphatic heterocycles. The Morgan fingerprint density at radius 2 is 1.89 bits per heavy atom. The first-order chi connectivity index (χ1) is 13.2. The lowest BCUT2D eigenvalue weighted by atomic mass is 10.0. The first kappa shape index (κ1) is 19.8. The van der Waals surface area contributed by atoms with Crippen LogP contribution in [0, 0.1) is 6.92 Å². The number of hydrogen-bond acceptors (Lipinski definition) is 7. The number of nitrogens with one attached hydrogen (secondary N) is 2. The molecule has 0 aliphatic rings. The molecule has 2 N–H and O–H groups in total. The third-order valence-electron chi connectivity index (χ3n) is 3.96. The Morgan fingerprint density at radius 3 is 2.46 bits per heavy atom. The molecule has 3 aromatic rings. The van der Waals surface area contributed by atoms with E-state index in [0.717, 1.165) is 0 Å². The summed E-state index contributed by atoms with van der Waals surface area (Å²) in [6.45, 7) is 5.18. The fourth-order valence-electron chi connectivity index (χ4n) is 2.41. The molecule has 2 aromatic heterocycles. The van der Waals surface area contributed by atoms with Gasteiger partial charge < -0.3 is 14.3 Å². The van der Waals surface area contributed by atoms with Crippen molar-refractivity contribution in [1.29, 1.82) is 0 Å². The fraction of sp³-hybridized carbons (Fsp3) is 0.278. The van der Waals surface area contributed by atoms with Crippen LogP contribution < -0.4 is 10.0 Å². The van der Waals surface area contributed by atoms with E-state index in [9.17, 15) is 13.2 Å². The van der Waals surface area contributed by atoms with E-state index in [2.05, 4.69) is 20.2 Å². The smallest absolute Gasteiger partial charge is 0.252 e. The number of hydrogen-bond donors (Lipinski definition) is 2. The minimum absolute atomic E-state index is 0.0376. The van der Waals surface area contributed by atoms with E-state index in [4.69, 9.17) is 8.94 Å². The van der Waals surface area contributed by atoms with Gasteiger partial charge in [0.05, 0.1) is 23.2 Å². The van der Waals surface area contributed by atoms with Crippen LogP contribution in [0.4, 0.5) is 0 Å². The van der Waals surface area contributed by atoms with Crippen molar-refractivity contribution in [2.75, 3.05) is 0 Å². The molecule has 3 rings (SSSR count). The van der Waals surface area contributed by atoms with Crippen LogP contribution in [0.1, 0.15) is 41.7 Å². The number of sulfonamides is 1. The number of aryl methyl sites for hydroxylation is 1. The summed E-state index contributed by atoms with van der Waals surface area (Å²) in [4.78, 5) is 16.7.